The maximum atomic E-state index is 11.3. The van der Waals surface area contributed by atoms with Gasteiger partial charge in [0.2, 0.25) is 0 Å². The van der Waals surface area contributed by atoms with Crippen LogP contribution < -0.4 is 17.1 Å². The molecule has 13 heavy (non-hydrogen) atoms. The van der Waals surface area contributed by atoms with Crippen molar-refractivity contribution in [1.82, 2.24) is 14.1 Å². The van der Waals surface area contributed by atoms with Crippen molar-refractivity contribution in [3.8, 4) is 0 Å². The summed E-state index contributed by atoms with van der Waals surface area (Å²) in [4.78, 5) is 35.2. The van der Waals surface area contributed by atoms with Crippen LogP contribution in [0.5, 0.6) is 0 Å². The van der Waals surface area contributed by atoms with Gasteiger partial charge < -0.3 is 0 Å². The quantitative estimate of drug-likeness (QED) is 0.562. The normalized spacial score (nSPS) is 9.92. The van der Waals surface area contributed by atoms with Crippen molar-refractivity contribution in [2.45, 2.75) is 6.54 Å². The molecule has 0 aliphatic rings. The van der Waals surface area contributed by atoms with Crippen LogP contribution in [-0.2, 0) is 13.6 Å². The lowest BCUT2D eigenvalue weighted by Crippen LogP contribution is -2.48. The summed E-state index contributed by atoms with van der Waals surface area (Å²) in [6.45, 7) is 3.48. The van der Waals surface area contributed by atoms with Gasteiger partial charge in [-0.1, -0.05) is 6.08 Å². The van der Waals surface area contributed by atoms with Crippen LogP contribution >= 0.6 is 0 Å². The number of allylic oxidation sites excluding steroid dienone is 1. The molecule has 0 saturated heterocycles. The fraction of sp³-hybridized carbons (Fsp3) is 0.286. The molecule has 1 aromatic rings. The number of aromatic amines is 1. The summed E-state index contributed by atoms with van der Waals surface area (Å²) in [6.07, 6.45) is 1.40. The fourth-order valence-electron chi connectivity index (χ4n) is 0.888. The van der Waals surface area contributed by atoms with Crippen LogP contribution in [0.25, 0.3) is 0 Å². The second kappa shape index (κ2) is 3.26. The summed E-state index contributed by atoms with van der Waals surface area (Å²) in [5, 5.41) is 0. The molecule has 70 valence electrons. The molecule has 0 aromatic carbocycles. The summed E-state index contributed by atoms with van der Waals surface area (Å²) in [5.41, 5.74) is -2.07. The maximum absolute atomic E-state index is 11.3. The van der Waals surface area contributed by atoms with Crippen LogP contribution in [0, 0.1) is 0 Å². The van der Waals surface area contributed by atoms with Crippen molar-refractivity contribution >= 4 is 0 Å². The van der Waals surface area contributed by atoms with Gasteiger partial charge in [-0.25, -0.2) is 23.5 Å². The first-order valence-electron chi connectivity index (χ1n) is 3.59. The minimum Gasteiger partial charge on any atom is -0.259 e. The molecule has 1 rings (SSSR count). The number of hydrogen-bond acceptors (Lipinski definition) is 3. The summed E-state index contributed by atoms with van der Waals surface area (Å²) >= 11 is 0. The van der Waals surface area contributed by atoms with Crippen molar-refractivity contribution < 1.29 is 0 Å². The monoisotopic (exact) mass is 183 g/mol. The molecule has 1 aromatic heterocycles. The molecule has 6 heteroatoms. The molecule has 0 aliphatic heterocycles. The highest BCUT2D eigenvalue weighted by Gasteiger charge is 2.03. The zero-order valence-corrected chi connectivity index (χ0v) is 7.11. The summed E-state index contributed by atoms with van der Waals surface area (Å²) < 4.78 is 1.71. The average molecular weight is 183 g/mol. The van der Waals surface area contributed by atoms with Crippen molar-refractivity contribution in [2.24, 2.45) is 7.05 Å². The minimum atomic E-state index is -0.715. The summed E-state index contributed by atoms with van der Waals surface area (Å²) in [7, 11) is 1.29. The Balaban J connectivity index is 3.63. The van der Waals surface area contributed by atoms with Crippen LogP contribution in [-0.4, -0.2) is 14.1 Å². The number of nitrogens with one attached hydrogen (secondary N) is 1. The summed E-state index contributed by atoms with van der Waals surface area (Å²) in [6, 6.07) is 0. The van der Waals surface area contributed by atoms with E-state index in [1.165, 1.54) is 13.1 Å². The van der Waals surface area contributed by atoms with E-state index in [1.54, 1.807) is 0 Å². The zero-order valence-electron chi connectivity index (χ0n) is 7.11. The molecule has 6 nitrogen and oxygen atoms in total. The van der Waals surface area contributed by atoms with E-state index in [-0.39, 0.29) is 6.54 Å². The first kappa shape index (κ1) is 9.24. The summed E-state index contributed by atoms with van der Waals surface area (Å²) in [5.74, 6) is 0. The second-order valence-corrected chi connectivity index (χ2v) is 2.48. The molecule has 0 unspecified atom stereocenters. The van der Waals surface area contributed by atoms with E-state index in [4.69, 9.17) is 0 Å². The lowest BCUT2D eigenvalue weighted by Gasteiger charge is -2.01. The Bertz CT molecular complexity index is 491. The third-order valence-electron chi connectivity index (χ3n) is 1.59. The van der Waals surface area contributed by atoms with Crippen LogP contribution in [0.2, 0.25) is 0 Å². The predicted octanol–water partition coefficient (Wildman–Crippen LogP) is -1.58. The van der Waals surface area contributed by atoms with E-state index in [0.29, 0.717) is 0 Å². The molecule has 1 N–H and O–H groups in total. The second-order valence-electron chi connectivity index (χ2n) is 2.48. The van der Waals surface area contributed by atoms with Gasteiger partial charge in [0.05, 0.1) is 6.54 Å². The van der Waals surface area contributed by atoms with Gasteiger partial charge in [-0.2, -0.15) is 0 Å². The van der Waals surface area contributed by atoms with Gasteiger partial charge in [-0.05, 0) is 0 Å². The highest BCUT2D eigenvalue weighted by Crippen LogP contribution is 1.68. The van der Waals surface area contributed by atoms with Gasteiger partial charge in [-0.15, -0.1) is 6.58 Å². The Labute approximate surface area is 72.8 Å². The van der Waals surface area contributed by atoms with Gasteiger partial charge in [0, 0.05) is 7.05 Å². The Kier molecular flexibility index (Phi) is 2.32. The highest BCUT2D eigenvalue weighted by molar-refractivity contribution is 4.77. The third kappa shape index (κ3) is 1.51. The zero-order chi connectivity index (χ0) is 10.0. The van der Waals surface area contributed by atoms with E-state index in [2.05, 4.69) is 6.58 Å². The van der Waals surface area contributed by atoms with Crippen molar-refractivity contribution in [3.05, 3.63) is 44.1 Å². The topological polar surface area (TPSA) is 76.9 Å². The van der Waals surface area contributed by atoms with Crippen LogP contribution in [0.15, 0.2) is 27.0 Å². The molecule has 0 radical (unpaired) electrons. The maximum Gasteiger partial charge on any atom is 0.336 e. The van der Waals surface area contributed by atoms with Crippen LogP contribution in [0.1, 0.15) is 0 Å². The number of rotatable bonds is 2. The predicted molar refractivity (Wildman–Crippen MR) is 46.8 cm³/mol. The average Bonchev–Trinajstić information content (AvgIpc) is 2.09. The van der Waals surface area contributed by atoms with Gasteiger partial charge in [0.15, 0.2) is 0 Å². The smallest absolute Gasteiger partial charge is 0.259 e. The molecular weight excluding hydrogens is 174 g/mol. The number of H-pyrrole nitrogens is 1. The molecule has 0 spiro atoms. The van der Waals surface area contributed by atoms with E-state index in [0.717, 1.165) is 9.13 Å². The van der Waals surface area contributed by atoms with Gasteiger partial charge in [0.25, 0.3) is 0 Å². The largest absolute Gasteiger partial charge is 0.336 e. The Morgan fingerprint density at radius 2 is 2.00 bits per heavy atom. The van der Waals surface area contributed by atoms with Crippen molar-refractivity contribution in [3.63, 3.8) is 0 Å². The van der Waals surface area contributed by atoms with E-state index < -0.39 is 17.1 Å². The van der Waals surface area contributed by atoms with Gasteiger partial charge >= 0.3 is 17.1 Å². The fourth-order valence-corrected chi connectivity index (χ4v) is 0.888. The lowest BCUT2D eigenvalue weighted by molar-refractivity contribution is 0.592. The third-order valence-corrected chi connectivity index (χ3v) is 1.59. The lowest BCUT2D eigenvalue weighted by atomic mass is 10.6. The SMILES string of the molecule is C=CCn1c(=O)[nH]c(=O)n(C)c1=O. The van der Waals surface area contributed by atoms with E-state index >= 15 is 0 Å². The molecule has 0 saturated carbocycles. The minimum absolute atomic E-state index is 0.0856. The molecule has 0 atom stereocenters. The van der Waals surface area contributed by atoms with Crippen molar-refractivity contribution in [2.75, 3.05) is 0 Å². The first-order chi connectivity index (χ1) is 6.07. The highest BCUT2D eigenvalue weighted by atomic mass is 16.2. The Morgan fingerprint density at radius 3 is 2.54 bits per heavy atom. The van der Waals surface area contributed by atoms with E-state index in [9.17, 15) is 14.4 Å². The molecule has 1 heterocycles. The van der Waals surface area contributed by atoms with E-state index in [1.807, 2.05) is 4.98 Å². The standard InChI is InChI=1S/C7H9N3O3/c1-3-4-10-6(12)8-5(11)9(2)7(10)13/h3H,1,4H2,2H3,(H,8,11,12). The number of nitrogens with zero attached hydrogens (tertiary/aromatic N) is 2. The molecule has 0 aliphatic carbocycles. The molecular formula is C7H9N3O3. The van der Waals surface area contributed by atoms with Crippen LogP contribution in [0.3, 0.4) is 0 Å². The first-order valence-corrected chi connectivity index (χ1v) is 3.59. The van der Waals surface area contributed by atoms with Gasteiger partial charge in [-0.3, -0.25) is 4.98 Å². The molecule has 0 amide bonds. The Hall–Kier alpha value is -1.85. The number of aromatic nitrogens is 3. The Morgan fingerprint density at radius 1 is 1.38 bits per heavy atom. The molecule has 0 fully saturated rings. The number of hydrogen-bond donors (Lipinski definition) is 1. The van der Waals surface area contributed by atoms with Gasteiger partial charge in [0.1, 0.15) is 0 Å². The van der Waals surface area contributed by atoms with Crippen LogP contribution in [0.4, 0.5) is 0 Å². The van der Waals surface area contributed by atoms with Crippen molar-refractivity contribution in [1.29, 1.82) is 0 Å². The molecule has 0 bridgehead atoms.